The molecule has 1 N–H and O–H groups in total. The van der Waals surface area contributed by atoms with Crippen molar-refractivity contribution in [3.8, 4) is 5.75 Å². The molecule has 1 fully saturated rings. The van der Waals surface area contributed by atoms with Gasteiger partial charge in [0, 0.05) is 6.08 Å². The number of carbonyl (C=O) groups is 2. The third kappa shape index (κ3) is 4.73. The molecule has 1 aliphatic rings. The molecule has 3 rings (SSSR count). The van der Waals surface area contributed by atoms with E-state index in [0.717, 1.165) is 39.9 Å². The SMILES string of the molecule is CCOc1ccc2cc(C=N/N=C3/NC(=O)/C(=C\C(=O)OC)S3)ccc2c1. The minimum atomic E-state index is -0.596. The van der Waals surface area contributed by atoms with Crippen LogP contribution < -0.4 is 10.1 Å². The van der Waals surface area contributed by atoms with Gasteiger partial charge < -0.3 is 9.47 Å². The lowest BCUT2D eigenvalue weighted by Gasteiger charge is -2.05. The molecular formula is C19H17N3O4S. The first-order valence-electron chi connectivity index (χ1n) is 8.15. The van der Waals surface area contributed by atoms with E-state index in [1.54, 1.807) is 6.21 Å². The molecule has 0 saturated carbocycles. The van der Waals surface area contributed by atoms with Gasteiger partial charge in [-0.2, -0.15) is 5.10 Å². The Hall–Kier alpha value is -3.13. The van der Waals surface area contributed by atoms with E-state index in [4.69, 9.17) is 4.74 Å². The molecule has 27 heavy (non-hydrogen) atoms. The molecule has 1 amide bonds. The van der Waals surface area contributed by atoms with E-state index in [1.165, 1.54) is 7.11 Å². The van der Waals surface area contributed by atoms with Gasteiger partial charge >= 0.3 is 5.97 Å². The number of nitrogens with one attached hydrogen (secondary N) is 1. The highest BCUT2D eigenvalue weighted by Crippen LogP contribution is 2.24. The number of benzene rings is 2. The average molecular weight is 383 g/mol. The van der Waals surface area contributed by atoms with Crippen LogP contribution in [0.25, 0.3) is 10.8 Å². The van der Waals surface area contributed by atoms with Gasteiger partial charge in [0.1, 0.15) is 5.75 Å². The van der Waals surface area contributed by atoms with Crippen LogP contribution in [-0.2, 0) is 14.3 Å². The van der Waals surface area contributed by atoms with Crippen LogP contribution in [0.1, 0.15) is 12.5 Å². The van der Waals surface area contributed by atoms with Crippen LogP contribution in [-0.4, -0.2) is 37.0 Å². The van der Waals surface area contributed by atoms with Crippen molar-refractivity contribution in [3.05, 3.63) is 52.9 Å². The summed E-state index contributed by atoms with van der Waals surface area (Å²) in [5.41, 5.74) is 0.871. The number of thioether (sulfide) groups is 1. The summed E-state index contributed by atoms with van der Waals surface area (Å²) in [7, 11) is 1.25. The van der Waals surface area contributed by atoms with Gasteiger partial charge in [0.05, 0.1) is 24.8 Å². The molecule has 0 aliphatic carbocycles. The van der Waals surface area contributed by atoms with Crippen molar-refractivity contribution in [3.63, 3.8) is 0 Å². The maximum atomic E-state index is 11.7. The average Bonchev–Trinajstić information content (AvgIpc) is 3.01. The Labute approximate surface area is 160 Å². The number of amidine groups is 1. The van der Waals surface area contributed by atoms with Crippen LogP contribution in [0.4, 0.5) is 0 Å². The van der Waals surface area contributed by atoms with E-state index in [-0.39, 0.29) is 4.91 Å². The quantitative estimate of drug-likeness (QED) is 0.371. The topological polar surface area (TPSA) is 89.4 Å². The summed E-state index contributed by atoms with van der Waals surface area (Å²) in [6, 6.07) is 11.8. The summed E-state index contributed by atoms with van der Waals surface area (Å²) in [6.07, 6.45) is 2.71. The maximum absolute atomic E-state index is 11.7. The molecule has 7 nitrogen and oxygen atoms in total. The number of amides is 1. The van der Waals surface area contributed by atoms with Gasteiger partial charge in [-0.15, -0.1) is 5.10 Å². The normalized spacial score (nSPS) is 17.0. The Kier molecular flexibility index (Phi) is 5.87. The lowest BCUT2D eigenvalue weighted by Crippen LogP contribution is -2.19. The zero-order valence-corrected chi connectivity index (χ0v) is 15.6. The van der Waals surface area contributed by atoms with Crippen LogP contribution in [0.5, 0.6) is 5.75 Å². The minimum Gasteiger partial charge on any atom is -0.494 e. The molecule has 2 aromatic rings. The first-order chi connectivity index (χ1) is 13.1. The Morgan fingerprint density at radius 2 is 2.00 bits per heavy atom. The Balaban J connectivity index is 1.72. The summed E-state index contributed by atoms with van der Waals surface area (Å²) in [5, 5.41) is 12.9. The fourth-order valence-corrected chi connectivity index (χ4v) is 3.11. The molecule has 1 aliphatic heterocycles. The fraction of sp³-hybridized carbons (Fsp3) is 0.158. The second-order valence-electron chi connectivity index (χ2n) is 5.44. The molecular weight excluding hydrogens is 366 g/mol. The molecule has 1 saturated heterocycles. The lowest BCUT2D eigenvalue weighted by atomic mass is 10.1. The summed E-state index contributed by atoms with van der Waals surface area (Å²) < 4.78 is 10.0. The summed E-state index contributed by atoms with van der Waals surface area (Å²) >= 11 is 1.03. The zero-order valence-electron chi connectivity index (χ0n) is 14.8. The number of rotatable bonds is 5. The van der Waals surface area contributed by atoms with Crippen molar-refractivity contribution in [2.45, 2.75) is 6.92 Å². The Bertz CT molecular complexity index is 982. The summed E-state index contributed by atoms with van der Waals surface area (Å²) in [5.74, 6) is -0.168. The zero-order chi connectivity index (χ0) is 19.2. The molecule has 0 radical (unpaired) electrons. The summed E-state index contributed by atoms with van der Waals surface area (Å²) in [4.78, 5) is 23.2. The van der Waals surface area contributed by atoms with Crippen molar-refractivity contribution >= 4 is 45.8 Å². The third-order valence-electron chi connectivity index (χ3n) is 3.60. The van der Waals surface area contributed by atoms with E-state index < -0.39 is 11.9 Å². The number of esters is 1. The predicted molar refractivity (Wildman–Crippen MR) is 106 cm³/mol. The number of methoxy groups -OCH3 is 1. The molecule has 0 aromatic heterocycles. The highest BCUT2D eigenvalue weighted by molar-refractivity contribution is 8.18. The number of hydrogen-bond donors (Lipinski definition) is 1. The number of carbonyl (C=O) groups excluding carboxylic acids is 2. The van der Waals surface area contributed by atoms with Gasteiger partial charge in [-0.25, -0.2) is 4.79 Å². The number of fused-ring (bicyclic) bond motifs is 1. The van der Waals surface area contributed by atoms with Crippen LogP contribution in [0.2, 0.25) is 0 Å². The second-order valence-corrected chi connectivity index (χ2v) is 6.47. The van der Waals surface area contributed by atoms with Gasteiger partial charge in [-0.3, -0.25) is 10.1 Å². The molecule has 1 heterocycles. The first-order valence-corrected chi connectivity index (χ1v) is 8.97. The van der Waals surface area contributed by atoms with Crippen molar-refractivity contribution in [1.29, 1.82) is 0 Å². The van der Waals surface area contributed by atoms with Gasteiger partial charge in [-0.05, 0) is 53.2 Å². The van der Waals surface area contributed by atoms with Crippen LogP contribution >= 0.6 is 11.8 Å². The van der Waals surface area contributed by atoms with Gasteiger partial charge in [0.15, 0.2) is 5.17 Å². The second kappa shape index (κ2) is 8.50. The molecule has 0 unspecified atom stereocenters. The predicted octanol–water partition coefficient (Wildman–Crippen LogP) is 2.85. The Morgan fingerprint density at radius 1 is 1.22 bits per heavy atom. The van der Waals surface area contributed by atoms with Crippen molar-refractivity contribution in [2.75, 3.05) is 13.7 Å². The van der Waals surface area contributed by atoms with Crippen LogP contribution in [0.15, 0.2) is 57.6 Å². The number of hydrogen-bond acceptors (Lipinski definition) is 7. The fourth-order valence-electron chi connectivity index (χ4n) is 2.37. The highest BCUT2D eigenvalue weighted by atomic mass is 32.2. The highest BCUT2D eigenvalue weighted by Gasteiger charge is 2.24. The van der Waals surface area contributed by atoms with Crippen molar-refractivity contribution < 1.29 is 19.1 Å². The van der Waals surface area contributed by atoms with E-state index in [2.05, 4.69) is 20.3 Å². The van der Waals surface area contributed by atoms with Crippen LogP contribution in [0, 0.1) is 0 Å². The van der Waals surface area contributed by atoms with Gasteiger partial charge in [-0.1, -0.05) is 18.2 Å². The largest absolute Gasteiger partial charge is 0.494 e. The smallest absolute Gasteiger partial charge is 0.331 e. The van der Waals surface area contributed by atoms with Crippen molar-refractivity contribution in [2.24, 2.45) is 10.2 Å². The maximum Gasteiger partial charge on any atom is 0.331 e. The van der Waals surface area contributed by atoms with E-state index in [1.807, 2.05) is 43.3 Å². The monoisotopic (exact) mass is 383 g/mol. The molecule has 0 bridgehead atoms. The van der Waals surface area contributed by atoms with Crippen molar-refractivity contribution in [1.82, 2.24) is 5.32 Å². The van der Waals surface area contributed by atoms with E-state index in [9.17, 15) is 9.59 Å². The summed E-state index contributed by atoms with van der Waals surface area (Å²) in [6.45, 7) is 2.58. The van der Waals surface area contributed by atoms with Gasteiger partial charge in [0.25, 0.3) is 5.91 Å². The number of ether oxygens (including phenoxy) is 2. The standard InChI is InChI=1S/C19H17N3O4S/c1-3-26-15-7-6-13-8-12(4-5-14(13)9-15)11-20-22-19-21-18(24)16(27-19)10-17(23)25-2/h4-11H,3H2,1-2H3,(H,21,22,24)/b16-10+,20-11?. The van der Waals surface area contributed by atoms with E-state index >= 15 is 0 Å². The van der Waals surface area contributed by atoms with Gasteiger partial charge in [0.2, 0.25) is 0 Å². The molecule has 2 aromatic carbocycles. The Morgan fingerprint density at radius 3 is 2.78 bits per heavy atom. The lowest BCUT2D eigenvalue weighted by molar-refractivity contribution is -0.135. The van der Waals surface area contributed by atoms with Crippen LogP contribution in [0.3, 0.4) is 0 Å². The molecule has 0 atom stereocenters. The first kappa shape index (κ1) is 18.7. The number of nitrogens with zero attached hydrogens (tertiary/aromatic N) is 2. The van der Waals surface area contributed by atoms with E-state index in [0.29, 0.717) is 11.8 Å². The molecule has 0 spiro atoms. The minimum absolute atomic E-state index is 0.214. The third-order valence-corrected chi connectivity index (χ3v) is 4.50. The molecule has 138 valence electrons. The molecule has 8 heteroatoms.